The lowest BCUT2D eigenvalue weighted by Crippen LogP contribution is -2.28. The average molecular weight is 223 g/mol. The zero-order chi connectivity index (χ0) is 11.4. The van der Waals surface area contributed by atoms with Crippen LogP contribution in [0.4, 0.5) is 4.39 Å². The summed E-state index contributed by atoms with van der Waals surface area (Å²) < 4.78 is 18.9. The van der Waals surface area contributed by atoms with Gasteiger partial charge in [-0.05, 0) is 31.5 Å². The van der Waals surface area contributed by atoms with E-state index in [-0.39, 0.29) is 11.9 Å². The quantitative estimate of drug-likeness (QED) is 0.847. The van der Waals surface area contributed by atoms with Gasteiger partial charge in [0.2, 0.25) is 0 Å². The number of benzene rings is 1. The van der Waals surface area contributed by atoms with Gasteiger partial charge in [-0.3, -0.25) is 0 Å². The maximum absolute atomic E-state index is 13.0. The van der Waals surface area contributed by atoms with Crippen LogP contribution in [-0.4, -0.2) is 19.2 Å². The Morgan fingerprint density at radius 1 is 1.56 bits per heavy atom. The minimum Gasteiger partial charge on any atom is -0.490 e. The van der Waals surface area contributed by atoms with E-state index in [0.717, 1.165) is 25.9 Å². The standard InChI is InChI=1S/C13H18FNO/c1-2-13(10-6-7-15-9-10)16-12-5-3-4-11(14)8-12/h3-5,8,10,13,15H,2,6-7,9H2,1H3/t10?,13-/m0/s1. The highest BCUT2D eigenvalue weighted by atomic mass is 19.1. The number of ether oxygens (including phenoxy) is 1. The van der Waals surface area contributed by atoms with E-state index in [9.17, 15) is 4.39 Å². The van der Waals surface area contributed by atoms with Gasteiger partial charge in [0.1, 0.15) is 17.7 Å². The molecule has 1 N–H and O–H groups in total. The topological polar surface area (TPSA) is 21.3 Å². The van der Waals surface area contributed by atoms with E-state index in [1.807, 2.05) is 6.07 Å². The summed E-state index contributed by atoms with van der Waals surface area (Å²) in [5.74, 6) is 0.948. The molecule has 1 saturated heterocycles. The molecule has 0 radical (unpaired) electrons. The van der Waals surface area contributed by atoms with Crippen molar-refractivity contribution in [2.75, 3.05) is 13.1 Å². The SMILES string of the molecule is CC[C@H](Oc1cccc(F)c1)C1CCNC1. The van der Waals surface area contributed by atoms with Crippen LogP contribution in [0, 0.1) is 11.7 Å². The summed E-state index contributed by atoms with van der Waals surface area (Å²) in [6.07, 6.45) is 2.30. The van der Waals surface area contributed by atoms with Crippen molar-refractivity contribution in [3.05, 3.63) is 30.1 Å². The minimum atomic E-state index is -0.239. The first-order chi connectivity index (χ1) is 7.79. The largest absolute Gasteiger partial charge is 0.490 e. The van der Waals surface area contributed by atoms with E-state index in [1.54, 1.807) is 6.07 Å². The van der Waals surface area contributed by atoms with E-state index in [0.29, 0.717) is 11.7 Å². The Bertz CT molecular complexity index is 336. The molecule has 2 nitrogen and oxygen atoms in total. The van der Waals surface area contributed by atoms with Crippen LogP contribution in [0.25, 0.3) is 0 Å². The van der Waals surface area contributed by atoms with Crippen molar-refractivity contribution in [1.82, 2.24) is 5.32 Å². The van der Waals surface area contributed by atoms with E-state index >= 15 is 0 Å². The molecular weight excluding hydrogens is 205 g/mol. The number of hydrogen-bond donors (Lipinski definition) is 1. The number of halogens is 1. The predicted molar refractivity (Wildman–Crippen MR) is 62.1 cm³/mol. The molecule has 3 heteroatoms. The highest BCUT2D eigenvalue weighted by Crippen LogP contribution is 2.22. The van der Waals surface area contributed by atoms with Gasteiger partial charge in [-0.25, -0.2) is 4.39 Å². The van der Waals surface area contributed by atoms with Crippen molar-refractivity contribution in [3.63, 3.8) is 0 Å². The molecule has 1 unspecified atom stereocenters. The summed E-state index contributed by atoms with van der Waals surface area (Å²) in [4.78, 5) is 0. The molecule has 0 aromatic heterocycles. The van der Waals surface area contributed by atoms with Crippen LogP contribution in [0.3, 0.4) is 0 Å². The van der Waals surface area contributed by atoms with Crippen LogP contribution in [0.1, 0.15) is 19.8 Å². The molecule has 2 atom stereocenters. The van der Waals surface area contributed by atoms with Crippen molar-refractivity contribution in [1.29, 1.82) is 0 Å². The minimum absolute atomic E-state index is 0.191. The Labute approximate surface area is 95.8 Å². The summed E-state index contributed by atoms with van der Waals surface area (Å²) in [7, 11) is 0. The Kier molecular flexibility index (Phi) is 3.78. The first-order valence-electron chi connectivity index (χ1n) is 5.92. The zero-order valence-electron chi connectivity index (χ0n) is 9.58. The fourth-order valence-electron chi connectivity index (χ4n) is 2.22. The molecular formula is C13H18FNO. The molecule has 0 amide bonds. The van der Waals surface area contributed by atoms with Crippen molar-refractivity contribution < 1.29 is 9.13 Å². The molecule has 16 heavy (non-hydrogen) atoms. The van der Waals surface area contributed by atoms with Gasteiger partial charge in [-0.15, -0.1) is 0 Å². The van der Waals surface area contributed by atoms with Crippen LogP contribution in [0.2, 0.25) is 0 Å². The Morgan fingerprint density at radius 2 is 2.44 bits per heavy atom. The summed E-state index contributed by atoms with van der Waals surface area (Å²) in [6.45, 7) is 4.18. The second-order valence-corrected chi connectivity index (χ2v) is 4.27. The van der Waals surface area contributed by atoms with Gasteiger partial charge in [0, 0.05) is 18.5 Å². The van der Waals surface area contributed by atoms with Gasteiger partial charge < -0.3 is 10.1 Å². The molecule has 0 bridgehead atoms. The molecule has 1 aromatic carbocycles. The van der Waals surface area contributed by atoms with Gasteiger partial charge in [0.05, 0.1) is 0 Å². The monoisotopic (exact) mass is 223 g/mol. The van der Waals surface area contributed by atoms with Gasteiger partial charge in [0.25, 0.3) is 0 Å². The zero-order valence-corrected chi connectivity index (χ0v) is 9.58. The molecule has 0 aliphatic carbocycles. The van der Waals surface area contributed by atoms with Crippen LogP contribution < -0.4 is 10.1 Å². The number of hydrogen-bond acceptors (Lipinski definition) is 2. The van der Waals surface area contributed by atoms with Crippen molar-refractivity contribution in [3.8, 4) is 5.75 Å². The number of nitrogens with one attached hydrogen (secondary N) is 1. The Morgan fingerprint density at radius 3 is 3.06 bits per heavy atom. The number of rotatable bonds is 4. The molecule has 88 valence electrons. The molecule has 0 spiro atoms. The van der Waals surface area contributed by atoms with Crippen molar-refractivity contribution in [2.24, 2.45) is 5.92 Å². The Hall–Kier alpha value is -1.09. The second-order valence-electron chi connectivity index (χ2n) is 4.27. The van der Waals surface area contributed by atoms with E-state index < -0.39 is 0 Å². The van der Waals surface area contributed by atoms with Gasteiger partial charge in [0.15, 0.2) is 0 Å². The first kappa shape index (κ1) is 11.4. The summed E-state index contributed by atoms with van der Waals surface area (Å²) >= 11 is 0. The summed E-state index contributed by atoms with van der Waals surface area (Å²) in [5.41, 5.74) is 0. The molecule has 1 fully saturated rings. The van der Waals surface area contributed by atoms with Crippen LogP contribution in [-0.2, 0) is 0 Å². The van der Waals surface area contributed by atoms with Crippen molar-refractivity contribution >= 4 is 0 Å². The lowest BCUT2D eigenvalue weighted by molar-refractivity contribution is 0.138. The second kappa shape index (κ2) is 5.30. The van der Waals surface area contributed by atoms with E-state index in [4.69, 9.17) is 4.74 Å². The molecule has 1 aromatic rings. The fourth-order valence-corrected chi connectivity index (χ4v) is 2.22. The lowest BCUT2D eigenvalue weighted by Gasteiger charge is -2.23. The third kappa shape index (κ3) is 2.73. The summed E-state index contributed by atoms with van der Waals surface area (Å²) in [6, 6.07) is 6.38. The van der Waals surface area contributed by atoms with Gasteiger partial charge in [-0.2, -0.15) is 0 Å². The van der Waals surface area contributed by atoms with E-state index in [1.165, 1.54) is 12.1 Å². The van der Waals surface area contributed by atoms with Gasteiger partial charge >= 0.3 is 0 Å². The smallest absolute Gasteiger partial charge is 0.126 e. The average Bonchev–Trinajstić information content (AvgIpc) is 2.79. The maximum Gasteiger partial charge on any atom is 0.126 e. The normalized spacial score (nSPS) is 22.0. The lowest BCUT2D eigenvalue weighted by atomic mass is 9.99. The third-order valence-electron chi connectivity index (χ3n) is 3.11. The van der Waals surface area contributed by atoms with Crippen LogP contribution in [0.5, 0.6) is 5.75 Å². The highest BCUT2D eigenvalue weighted by molar-refractivity contribution is 5.22. The molecule has 1 aliphatic rings. The molecule has 1 aliphatic heterocycles. The van der Waals surface area contributed by atoms with Gasteiger partial charge in [-0.1, -0.05) is 13.0 Å². The van der Waals surface area contributed by atoms with Crippen LogP contribution >= 0.6 is 0 Å². The molecule has 2 rings (SSSR count). The van der Waals surface area contributed by atoms with Crippen molar-refractivity contribution in [2.45, 2.75) is 25.9 Å². The molecule has 0 saturated carbocycles. The highest BCUT2D eigenvalue weighted by Gasteiger charge is 2.24. The fraction of sp³-hybridized carbons (Fsp3) is 0.538. The summed E-state index contributed by atoms with van der Waals surface area (Å²) in [5, 5.41) is 3.33. The van der Waals surface area contributed by atoms with E-state index in [2.05, 4.69) is 12.2 Å². The maximum atomic E-state index is 13.0. The predicted octanol–water partition coefficient (Wildman–Crippen LogP) is 2.59. The Balaban J connectivity index is 2.00. The first-order valence-corrected chi connectivity index (χ1v) is 5.92. The molecule has 1 heterocycles. The third-order valence-corrected chi connectivity index (χ3v) is 3.11. The van der Waals surface area contributed by atoms with Crippen LogP contribution in [0.15, 0.2) is 24.3 Å².